The fourth-order valence-corrected chi connectivity index (χ4v) is 3.77. The fraction of sp³-hybridized carbons (Fsp3) is 0.120. The first-order valence-electron chi connectivity index (χ1n) is 10.5. The van der Waals surface area contributed by atoms with E-state index in [-0.39, 0.29) is 22.7 Å². The standard InChI is InChI=1S/C25H17F6N3O3/c1-33-22(20-18(27)11-17(37-2)12-19(20)28)21(24(36)34(33)16-9-7-15(26)8-10-16)32-23(35)13-3-5-14(6-4-13)25(29,30)31/h3-12H,1-2H3,(H,32,35). The smallest absolute Gasteiger partial charge is 0.416 e. The van der Waals surface area contributed by atoms with E-state index in [1.165, 1.54) is 26.3 Å². The number of methoxy groups -OCH3 is 1. The lowest BCUT2D eigenvalue weighted by atomic mass is 10.1. The van der Waals surface area contributed by atoms with Crippen molar-refractivity contribution in [1.82, 2.24) is 9.36 Å². The van der Waals surface area contributed by atoms with Gasteiger partial charge in [0.15, 0.2) is 0 Å². The van der Waals surface area contributed by atoms with Gasteiger partial charge in [0, 0.05) is 24.7 Å². The molecule has 0 saturated carbocycles. The Morgan fingerprint density at radius 3 is 2.00 bits per heavy atom. The zero-order valence-corrected chi connectivity index (χ0v) is 19.2. The molecule has 0 aliphatic carbocycles. The highest BCUT2D eigenvalue weighted by molar-refractivity contribution is 6.06. The molecule has 0 fully saturated rings. The Hall–Kier alpha value is -4.48. The number of hydrogen-bond acceptors (Lipinski definition) is 3. The highest BCUT2D eigenvalue weighted by Gasteiger charge is 2.31. The van der Waals surface area contributed by atoms with Crippen LogP contribution in [0.4, 0.5) is 32.0 Å². The van der Waals surface area contributed by atoms with Crippen molar-refractivity contribution in [1.29, 1.82) is 0 Å². The van der Waals surface area contributed by atoms with E-state index in [0.717, 1.165) is 45.8 Å². The van der Waals surface area contributed by atoms with Gasteiger partial charge in [-0.1, -0.05) is 0 Å². The molecule has 1 N–H and O–H groups in total. The van der Waals surface area contributed by atoms with Crippen LogP contribution in [0.15, 0.2) is 65.5 Å². The van der Waals surface area contributed by atoms with E-state index >= 15 is 8.78 Å². The zero-order valence-electron chi connectivity index (χ0n) is 19.2. The highest BCUT2D eigenvalue weighted by atomic mass is 19.4. The van der Waals surface area contributed by atoms with Crippen LogP contribution < -0.4 is 15.6 Å². The lowest BCUT2D eigenvalue weighted by molar-refractivity contribution is -0.137. The first-order chi connectivity index (χ1) is 17.4. The number of alkyl halides is 3. The molecule has 4 rings (SSSR count). The van der Waals surface area contributed by atoms with Crippen LogP contribution in [0.5, 0.6) is 5.75 Å². The number of ether oxygens (including phenoxy) is 1. The quantitative estimate of drug-likeness (QED) is 0.351. The first-order valence-corrected chi connectivity index (χ1v) is 10.5. The molecule has 0 aliphatic heterocycles. The third-order valence-electron chi connectivity index (χ3n) is 5.54. The number of amides is 1. The van der Waals surface area contributed by atoms with Crippen molar-refractivity contribution in [3.05, 3.63) is 99.6 Å². The summed E-state index contributed by atoms with van der Waals surface area (Å²) in [5.41, 5.74) is -3.67. The summed E-state index contributed by atoms with van der Waals surface area (Å²) in [7, 11) is 2.49. The van der Waals surface area contributed by atoms with E-state index in [1.807, 2.05) is 0 Å². The molecule has 37 heavy (non-hydrogen) atoms. The molecule has 0 radical (unpaired) electrons. The molecular weight excluding hydrogens is 504 g/mol. The summed E-state index contributed by atoms with van der Waals surface area (Å²) in [5, 5.41) is 2.26. The van der Waals surface area contributed by atoms with Gasteiger partial charge >= 0.3 is 6.18 Å². The second kappa shape index (κ2) is 9.52. The summed E-state index contributed by atoms with van der Waals surface area (Å²) in [6.07, 6.45) is -4.63. The number of nitrogens with one attached hydrogen (secondary N) is 1. The van der Waals surface area contributed by atoms with Crippen LogP contribution in [0.3, 0.4) is 0 Å². The normalized spacial score (nSPS) is 11.5. The first kappa shape index (κ1) is 25.6. The second-order valence-corrected chi connectivity index (χ2v) is 7.84. The van der Waals surface area contributed by atoms with Gasteiger partial charge in [0.2, 0.25) is 0 Å². The lowest BCUT2D eigenvalue weighted by Crippen LogP contribution is -2.23. The van der Waals surface area contributed by atoms with Crippen LogP contribution >= 0.6 is 0 Å². The molecule has 0 spiro atoms. The fourth-order valence-electron chi connectivity index (χ4n) is 3.77. The molecule has 6 nitrogen and oxygen atoms in total. The molecule has 4 aromatic rings. The van der Waals surface area contributed by atoms with Gasteiger partial charge in [0.05, 0.1) is 23.9 Å². The molecule has 1 heterocycles. The van der Waals surface area contributed by atoms with Crippen molar-refractivity contribution in [2.24, 2.45) is 7.05 Å². The minimum absolute atomic E-state index is 0.111. The van der Waals surface area contributed by atoms with Crippen molar-refractivity contribution in [3.63, 3.8) is 0 Å². The SMILES string of the molecule is COc1cc(F)c(-c2c(NC(=O)c3ccc(C(F)(F)F)cc3)c(=O)n(-c3ccc(F)cc3)n2C)c(F)c1. The summed E-state index contributed by atoms with van der Waals surface area (Å²) >= 11 is 0. The molecule has 1 aromatic heterocycles. The number of carbonyl (C=O) groups is 1. The van der Waals surface area contributed by atoms with Gasteiger partial charge in [-0.2, -0.15) is 13.2 Å². The molecule has 1 amide bonds. The molecule has 12 heteroatoms. The molecule has 0 unspecified atom stereocenters. The minimum atomic E-state index is -4.63. The summed E-state index contributed by atoms with van der Waals surface area (Å²) in [6.45, 7) is 0. The van der Waals surface area contributed by atoms with E-state index < -0.39 is 51.9 Å². The van der Waals surface area contributed by atoms with E-state index in [4.69, 9.17) is 4.74 Å². The largest absolute Gasteiger partial charge is 0.497 e. The zero-order chi connectivity index (χ0) is 27.1. The maximum atomic E-state index is 15.0. The molecule has 3 aromatic carbocycles. The monoisotopic (exact) mass is 521 g/mol. The molecule has 0 bridgehead atoms. The Labute approximate surface area is 205 Å². The predicted molar refractivity (Wildman–Crippen MR) is 122 cm³/mol. The van der Waals surface area contributed by atoms with Crippen LogP contribution in [-0.4, -0.2) is 22.4 Å². The number of aromatic nitrogens is 2. The average Bonchev–Trinajstić information content (AvgIpc) is 3.08. The van der Waals surface area contributed by atoms with Gasteiger partial charge in [-0.25, -0.2) is 17.9 Å². The number of nitrogens with zero attached hydrogens (tertiary/aromatic N) is 2. The summed E-state index contributed by atoms with van der Waals surface area (Å²) in [5.74, 6) is -3.98. The maximum absolute atomic E-state index is 15.0. The van der Waals surface area contributed by atoms with Crippen LogP contribution in [0, 0.1) is 17.5 Å². The van der Waals surface area contributed by atoms with E-state index in [9.17, 15) is 27.2 Å². The van der Waals surface area contributed by atoms with E-state index in [0.29, 0.717) is 12.1 Å². The molecular formula is C25H17F6N3O3. The van der Waals surface area contributed by atoms with Gasteiger partial charge in [0.25, 0.3) is 11.5 Å². The van der Waals surface area contributed by atoms with Crippen LogP contribution in [0.2, 0.25) is 0 Å². The summed E-state index contributed by atoms with van der Waals surface area (Å²) in [4.78, 5) is 26.3. The summed E-state index contributed by atoms with van der Waals surface area (Å²) < 4.78 is 89.0. The highest BCUT2D eigenvalue weighted by Crippen LogP contribution is 2.34. The lowest BCUT2D eigenvalue weighted by Gasteiger charge is -2.13. The van der Waals surface area contributed by atoms with Crippen LogP contribution in [-0.2, 0) is 13.2 Å². The van der Waals surface area contributed by atoms with Crippen LogP contribution in [0.25, 0.3) is 16.9 Å². The van der Waals surface area contributed by atoms with Crippen molar-refractivity contribution >= 4 is 11.6 Å². The molecule has 0 saturated heterocycles. The number of halogens is 6. The molecule has 0 atom stereocenters. The number of benzene rings is 3. The van der Waals surface area contributed by atoms with E-state index in [1.54, 1.807) is 0 Å². The van der Waals surface area contributed by atoms with Gasteiger partial charge < -0.3 is 10.1 Å². The van der Waals surface area contributed by atoms with Gasteiger partial charge in [-0.15, -0.1) is 0 Å². The number of anilines is 1. The molecule has 0 aliphatic rings. The van der Waals surface area contributed by atoms with Crippen LogP contribution in [0.1, 0.15) is 15.9 Å². The average molecular weight is 521 g/mol. The van der Waals surface area contributed by atoms with E-state index in [2.05, 4.69) is 5.32 Å². The maximum Gasteiger partial charge on any atom is 0.416 e. The third kappa shape index (κ3) is 4.82. The number of rotatable bonds is 5. The predicted octanol–water partition coefficient (Wildman–Crippen LogP) is 5.54. The topological polar surface area (TPSA) is 65.3 Å². The summed E-state index contributed by atoms with van der Waals surface area (Å²) in [6, 6.07) is 9.50. The van der Waals surface area contributed by atoms with Gasteiger partial charge in [-0.05, 0) is 48.5 Å². The Morgan fingerprint density at radius 1 is 0.919 bits per heavy atom. The van der Waals surface area contributed by atoms with Gasteiger partial charge in [-0.3, -0.25) is 14.3 Å². The van der Waals surface area contributed by atoms with Crippen molar-refractivity contribution in [2.45, 2.75) is 6.18 Å². The minimum Gasteiger partial charge on any atom is -0.497 e. The Balaban J connectivity index is 1.89. The van der Waals surface area contributed by atoms with Crippen molar-refractivity contribution in [2.75, 3.05) is 12.4 Å². The third-order valence-corrected chi connectivity index (χ3v) is 5.54. The Bertz CT molecular complexity index is 1520. The Morgan fingerprint density at radius 2 is 1.49 bits per heavy atom. The van der Waals surface area contributed by atoms with Crippen molar-refractivity contribution in [3.8, 4) is 22.7 Å². The number of hydrogen-bond donors (Lipinski definition) is 1. The molecule has 192 valence electrons. The second-order valence-electron chi connectivity index (χ2n) is 7.84. The van der Waals surface area contributed by atoms with Crippen molar-refractivity contribution < 1.29 is 35.9 Å². The van der Waals surface area contributed by atoms with Gasteiger partial charge in [0.1, 0.15) is 34.6 Å². The Kier molecular flexibility index (Phi) is 6.59. The number of carbonyl (C=O) groups excluding carboxylic acids is 1.